The molecular weight excluding hydrogens is 266 g/mol. The molecule has 0 saturated heterocycles. The smallest absolute Gasteiger partial charge is 0.0410 e. The lowest BCUT2D eigenvalue weighted by molar-refractivity contribution is 0.517. The molecular formula is C18H22ClN. The number of aryl methyl sites for hydroxylation is 1. The Morgan fingerprint density at radius 3 is 2.35 bits per heavy atom. The van der Waals surface area contributed by atoms with Crippen LogP contribution in [-0.2, 0) is 0 Å². The van der Waals surface area contributed by atoms with Crippen LogP contribution in [0.15, 0.2) is 48.5 Å². The van der Waals surface area contributed by atoms with Crippen LogP contribution in [0.2, 0.25) is 5.02 Å². The highest BCUT2D eigenvalue weighted by Gasteiger charge is 2.15. The lowest BCUT2D eigenvalue weighted by Crippen LogP contribution is -2.18. The number of halogens is 1. The van der Waals surface area contributed by atoms with E-state index in [2.05, 4.69) is 62.5 Å². The lowest BCUT2D eigenvalue weighted by atomic mass is 9.88. The molecule has 0 aromatic heterocycles. The van der Waals surface area contributed by atoms with Crippen molar-refractivity contribution in [2.24, 2.45) is 5.92 Å². The van der Waals surface area contributed by atoms with Crippen molar-refractivity contribution in [2.75, 3.05) is 11.9 Å². The Balaban J connectivity index is 2.10. The summed E-state index contributed by atoms with van der Waals surface area (Å²) in [4.78, 5) is 0. The molecule has 20 heavy (non-hydrogen) atoms. The van der Waals surface area contributed by atoms with Crippen molar-refractivity contribution < 1.29 is 0 Å². The molecule has 0 fully saturated rings. The minimum absolute atomic E-state index is 0.506. The first-order valence-electron chi connectivity index (χ1n) is 7.13. The average Bonchev–Trinajstić information content (AvgIpc) is 2.42. The molecule has 2 rings (SSSR count). The number of hydrogen-bond donors (Lipinski definition) is 1. The monoisotopic (exact) mass is 287 g/mol. The van der Waals surface area contributed by atoms with Gasteiger partial charge in [-0.1, -0.05) is 55.8 Å². The van der Waals surface area contributed by atoms with Crippen molar-refractivity contribution in [3.63, 3.8) is 0 Å². The highest BCUT2D eigenvalue weighted by atomic mass is 35.5. The Labute approximate surface area is 127 Å². The van der Waals surface area contributed by atoms with Crippen LogP contribution in [0.25, 0.3) is 0 Å². The van der Waals surface area contributed by atoms with Crippen LogP contribution in [0.1, 0.15) is 30.9 Å². The number of benzene rings is 2. The van der Waals surface area contributed by atoms with Crippen LogP contribution in [0.3, 0.4) is 0 Å². The fourth-order valence-electron chi connectivity index (χ4n) is 2.48. The van der Waals surface area contributed by atoms with Gasteiger partial charge in [-0.05, 0) is 42.2 Å². The highest BCUT2D eigenvalue weighted by molar-refractivity contribution is 6.30. The zero-order valence-corrected chi connectivity index (χ0v) is 13.1. The van der Waals surface area contributed by atoms with Crippen molar-refractivity contribution >= 4 is 17.3 Å². The van der Waals surface area contributed by atoms with Gasteiger partial charge >= 0.3 is 0 Å². The second-order valence-corrected chi connectivity index (χ2v) is 6.04. The van der Waals surface area contributed by atoms with E-state index in [0.717, 1.165) is 17.3 Å². The topological polar surface area (TPSA) is 12.0 Å². The molecule has 1 atom stereocenters. The summed E-state index contributed by atoms with van der Waals surface area (Å²) in [6.07, 6.45) is 0. The Kier molecular flexibility index (Phi) is 5.08. The minimum Gasteiger partial charge on any atom is -0.384 e. The minimum atomic E-state index is 0.506. The largest absolute Gasteiger partial charge is 0.384 e. The van der Waals surface area contributed by atoms with Gasteiger partial charge < -0.3 is 5.32 Å². The maximum atomic E-state index is 6.00. The van der Waals surface area contributed by atoms with Gasteiger partial charge in [0.15, 0.2) is 0 Å². The van der Waals surface area contributed by atoms with Crippen molar-refractivity contribution in [2.45, 2.75) is 26.7 Å². The summed E-state index contributed by atoms with van der Waals surface area (Å²) >= 11 is 6.00. The highest BCUT2D eigenvalue weighted by Crippen LogP contribution is 2.26. The van der Waals surface area contributed by atoms with Gasteiger partial charge in [-0.25, -0.2) is 0 Å². The lowest BCUT2D eigenvalue weighted by Gasteiger charge is -2.23. The number of nitrogens with one attached hydrogen (secondary N) is 1. The Hall–Kier alpha value is -1.47. The van der Waals surface area contributed by atoms with E-state index >= 15 is 0 Å². The molecule has 0 saturated carbocycles. The maximum Gasteiger partial charge on any atom is 0.0410 e. The second-order valence-electron chi connectivity index (χ2n) is 5.60. The van der Waals surface area contributed by atoms with E-state index in [1.54, 1.807) is 0 Å². The first-order valence-corrected chi connectivity index (χ1v) is 7.50. The molecule has 1 nitrogen and oxygen atoms in total. The molecule has 2 aromatic rings. The molecule has 106 valence electrons. The summed E-state index contributed by atoms with van der Waals surface area (Å²) in [6.45, 7) is 7.56. The number of anilines is 1. The Bertz CT molecular complexity index is 549. The van der Waals surface area contributed by atoms with Crippen molar-refractivity contribution in [3.05, 3.63) is 64.7 Å². The van der Waals surface area contributed by atoms with Gasteiger partial charge in [0.1, 0.15) is 0 Å². The fourth-order valence-corrected chi connectivity index (χ4v) is 2.71. The zero-order chi connectivity index (χ0) is 14.5. The quantitative estimate of drug-likeness (QED) is 0.765. The zero-order valence-electron chi connectivity index (χ0n) is 12.4. The number of hydrogen-bond acceptors (Lipinski definition) is 1. The van der Waals surface area contributed by atoms with Crippen molar-refractivity contribution in [1.82, 2.24) is 0 Å². The van der Waals surface area contributed by atoms with Crippen LogP contribution in [-0.4, -0.2) is 6.54 Å². The molecule has 0 radical (unpaired) electrons. The molecule has 2 aromatic carbocycles. The average molecular weight is 288 g/mol. The predicted molar refractivity (Wildman–Crippen MR) is 88.7 cm³/mol. The van der Waals surface area contributed by atoms with E-state index in [0.29, 0.717) is 11.8 Å². The number of rotatable bonds is 5. The van der Waals surface area contributed by atoms with E-state index in [4.69, 9.17) is 11.6 Å². The van der Waals surface area contributed by atoms with E-state index < -0.39 is 0 Å². The van der Waals surface area contributed by atoms with Gasteiger partial charge in [-0.15, -0.1) is 0 Å². The van der Waals surface area contributed by atoms with Gasteiger partial charge in [0.2, 0.25) is 0 Å². The van der Waals surface area contributed by atoms with Crippen LogP contribution in [0, 0.1) is 12.8 Å². The van der Waals surface area contributed by atoms with Gasteiger partial charge in [-0.3, -0.25) is 0 Å². The van der Waals surface area contributed by atoms with E-state index in [-0.39, 0.29) is 0 Å². The van der Waals surface area contributed by atoms with Crippen molar-refractivity contribution in [3.8, 4) is 0 Å². The standard InChI is InChI=1S/C18H22ClN/c1-13(2)17(15-7-5-4-6-8-15)12-20-18-10-9-16(19)11-14(18)3/h4-11,13,17,20H,12H2,1-3H3. The molecule has 0 aliphatic heterocycles. The summed E-state index contributed by atoms with van der Waals surface area (Å²) in [5, 5.41) is 4.35. The molecule has 1 N–H and O–H groups in total. The van der Waals surface area contributed by atoms with E-state index in [9.17, 15) is 0 Å². The second kappa shape index (κ2) is 6.81. The molecule has 0 heterocycles. The van der Waals surface area contributed by atoms with E-state index in [1.165, 1.54) is 11.1 Å². The third kappa shape index (κ3) is 3.77. The first-order chi connectivity index (χ1) is 9.58. The molecule has 0 spiro atoms. The van der Waals surface area contributed by atoms with Gasteiger partial charge in [0, 0.05) is 23.2 Å². The van der Waals surface area contributed by atoms with Crippen LogP contribution in [0.5, 0.6) is 0 Å². The van der Waals surface area contributed by atoms with Gasteiger partial charge in [0.25, 0.3) is 0 Å². The summed E-state index contributed by atoms with van der Waals surface area (Å²) < 4.78 is 0. The van der Waals surface area contributed by atoms with Crippen LogP contribution >= 0.6 is 11.6 Å². The first kappa shape index (κ1) is 14.9. The Morgan fingerprint density at radius 1 is 1.05 bits per heavy atom. The van der Waals surface area contributed by atoms with Crippen molar-refractivity contribution in [1.29, 1.82) is 0 Å². The third-order valence-electron chi connectivity index (χ3n) is 3.73. The molecule has 1 unspecified atom stereocenters. The summed E-state index contributed by atoms with van der Waals surface area (Å²) in [7, 11) is 0. The molecule has 0 aliphatic carbocycles. The van der Waals surface area contributed by atoms with Gasteiger partial charge in [0.05, 0.1) is 0 Å². The fraction of sp³-hybridized carbons (Fsp3) is 0.333. The molecule has 0 amide bonds. The maximum absolute atomic E-state index is 6.00. The normalized spacial score (nSPS) is 12.4. The third-order valence-corrected chi connectivity index (χ3v) is 3.97. The molecule has 2 heteroatoms. The van der Waals surface area contributed by atoms with E-state index in [1.807, 2.05) is 12.1 Å². The Morgan fingerprint density at radius 2 is 1.75 bits per heavy atom. The summed E-state index contributed by atoms with van der Waals surface area (Å²) in [5.41, 5.74) is 3.74. The van der Waals surface area contributed by atoms with Crippen LogP contribution < -0.4 is 5.32 Å². The predicted octanol–water partition coefficient (Wildman–Crippen LogP) is 5.50. The van der Waals surface area contributed by atoms with Gasteiger partial charge in [-0.2, -0.15) is 0 Å². The molecule has 0 aliphatic rings. The molecule has 0 bridgehead atoms. The SMILES string of the molecule is Cc1cc(Cl)ccc1NCC(c1ccccc1)C(C)C. The summed E-state index contributed by atoms with van der Waals surface area (Å²) in [6, 6.07) is 16.7. The van der Waals surface area contributed by atoms with Crippen LogP contribution in [0.4, 0.5) is 5.69 Å². The summed E-state index contributed by atoms with van der Waals surface area (Å²) in [5.74, 6) is 1.10.